The number of nitrogens with two attached hydrogens (primary N) is 1. The van der Waals surface area contributed by atoms with E-state index >= 15 is 0 Å². The number of benzene rings is 1. The van der Waals surface area contributed by atoms with Crippen molar-refractivity contribution in [1.29, 1.82) is 0 Å². The van der Waals surface area contributed by atoms with E-state index in [2.05, 4.69) is 10.2 Å². The molecule has 0 aromatic heterocycles. The Morgan fingerprint density at radius 3 is 2.52 bits per heavy atom. The van der Waals surface area contributed by atoms with Gasteiger partial charge in [0.1, 0.15) is 5.75 Å². The predicted molar refractivity (Wildman–Crippen MR) is 69.9 cm³/mol. The van der Waals surface area contributed by atoms with Gasteiger partial charge in [0.05, 0.1) is 17.5 Å². The maximum absolute atomic E-state index is 12.4. The smallest absolute Gasteiger partial charge is 0.405 e. The van der Waals surface area contributed by atoms with Crippen molar-refractivity contribution in [3.8, 4) is 5.75 Å². The number of halogens is 3. The van der Waals surface area contributed by atoms with Crippen LogP contribution in [-0.4, -0.2) is 26.3 Å². The van der Waals surface area contributed by atoms with Crippen molar-refractivity contribution in [3.05, 3.63) is 29.8 Å². The van der Waals surface area contributed by atoms with Crippen LogP contribution in [0.15, 0.2) is 24.3 Å². The first kappa shape index (κ1) is 16.1. The first-order valence-corrected chi connectivity index (χ1v) is 8.05. The van der Waals surface area contributed by atoms with Crippen molar-refractivity contribution in [2.24, 2.45) is 11.8 Å². The average molecular weight is 324 g/mol. The highest BCUT2D eigenvalue weighted by Gasteiger charge is 2.37. The lowest BCUT2D eigenvalue weighted by atomic mass is 9.92. The van der Waals surface area contributed by atoms with E-state index in [-0.39, 0.29) is 22.8 Å². The molecule has 21 heavy (non-hydrogen) atoms. The third kappa shape index (κ3) is 4.08. The molecule has 1 fully saturated rings. The molecule has 0 aliphatic carbocycles. The number of rotatable bonds is 4. The molecule has 1 aromatic carbocycles. The Labute approximate surface area is 120 Å². The highest BCUT2D eigenvalue weighted by atomic mass is 32.2. The van der Waals surface area contributed by atoms with Crippen molar-refractivity contribution >= 4 is 9.84 Å². The van der Waals surface area contributed by atoms with Gasteiger partial charge in [-0.2, -0.15) is 0 Å². The second kappa shape index (κ2) is 5.82. The van der Waals surface area contributed by atoms with Crippen molar-refractivity contribution in [3.63, 3.8) is 0 Å². The fourth-order valence-electron chi connectivity index (χ4n) is 2.52. The summed E-state index contributed by atoms with van der Waals surface area (Å²) in [6.45, 7) is 0. The molecule has 0 amide bonds. The SMILES string of the molecule is NNC(c1ccccc1OC(F)(F)F)C1CCS(=O)(=O)C1. The van der Waals surface area contributed by atoms with Gasteiger partial charge in [0, 0.05) is 5.56 Å². The summed E-state index contributed by atoms with van der Waals surface area (Å²) in [6.07, 6.45) is -4.48. The summed E-state index contributed by atoms with van der Waals surface area (Å²) in [6, 6.07) is 4.85. The van der Waals surface area contributed by atoms with Gasteiger partial charge < -0.3 is 4.74 Å². The zero-order chi connectivity index (χ0) is 15.7. The molecule has 1 aromatic rings. The summed E-state index contributed by atoms with van der Waals surface area (Å²) in [5, 5.41) is 0. The van der Waals surface area contributed by atoms with Crippen molar-refractivity contribution in [2.75, 3.05) is 11.5 Å². The van der Waals surface area contributed by atoms with E-state index in [0.717, 1.165) is 0 Å². The zero-order valence-corrected chi connectivity index (χ0v) is 11.7. The molecule has 0 radical (unpaired) electrons. The normalized spacial score (nSPS) is 23.0. The monoisotopic (exact) mass is 324 g/mol. The van der Waals surface area contributed by atoms with Gasteiger partial charge in [-0.1, -0.05) is 18.2 Å². The highest BCUT2D eigenvalue weighted by molar-refractivity contribution is 7.91. The largest absolute Gasteiger partial charge is 0.573 e. The number of hydrazine groups is 1. The van der Waals surface area contributed by atoms with Crippen LogP contribution in [0.1, 0.15) is 18.0 Å². The molecule has 1 saturated heterocycles. The molecule has 9 heteroatoms. The Morgan fingerprint density at radius 1 is 1.33 bits per heavy atom. The molecule has 1 heterocycles. The summed E-state index contributed by atoms with van der Waals surface area (Å²) < 4.78 is 64.3. The predicted octanol–water partition coefficient (Wildman–Crippen LogP) is 1.52. The van der Waals surface area contributed by atoms with E-state index in [1.807, 2.05) is 0 Å². The molecule has 3 N–H and O–H groups in total. The van der Waals surface area contributed by atoms with Crippen LogP contribution >= 0.6 is 0 Å². The average Bonchev–Trinajstić information content (AvgIpc) is 2.71. The Hall–Kier alpha value is -1.32. The molecule has 2 atom stereocenters. The van der Waals surface area contributed by atoms with Crippen molar-refractivity contribution < 1.29 is 26.3 Å². The van der Waals surface area contributed by atoms with Gasteiger partial charge in [0.2, 0.25) is 0 Å². The number of para-hydroxylation sites is 1. The van der Waals surface area contributed by atoms with Gasteiger partial charge in [0.25, 0.3) is 0 Å². The Balaban J connectivity index is 2.30. The molecule has 2 unspecified atom stereocenters. The molecule has 2 rings (SSSR count). The van der Waals surface area contributed by atoms with Crippen LogP contribution in [0.4, 0.5) is 13.2 Å². The number of sulfone groups is 1. The lowest BCUT2D eigenvalue weighted by molar-refractivity contribution is -0.275. The van der Waals surface area contributed by atoms with E-state index in [1.165, 1.54) is 18.2 Å². The van der Waals surface area contributed by atoms with E-state index in [0.29, 0.717) is 6.42 Å². The van der Waals surface area contributed by atoms with Crippen LogP contribution in [0.2, 0.25) is 0 Å². The second-order valence-corrected chi connectivity index (χ2v) is 7.12. The molecule has 1 aliphatic rings. The zero-order valence-electron chi connectivity index (χ0n) is 10.9. The van der Waals surface area contributed by atoms with Crippen LogP contribution in [0.3, 0.4) is 0 Å². The summed E-state index contributed by atoms with van der Waals surface area (Å²) in [4.78, 5) is 0. The topological polar surface area (TPSA) is 81.4 Å². The molecular formula is C12H15F3N2O3S. The van der Waals surface area contributed by atoms with Gasteiger partial charge in [-0.15, -0.1) is 13.2 Å². The molecular weight excluding hydrogens is 309 g/mol. The van der Waals surface area contributed by atoms with E-state index in [4.69, 9.17) is 5.84 Å². The molecule has 5 nitrogen and oxygen atoms in total. The molecule has 1 aliphatic heterocycles. The summed E-state index contributed by atoms with van der Waals surface area (Å²) in [5.74, 6) is 4.56. The van der Waals surface area contributed by atoms with Crippen LogP contribution < -0.4 is 16.0 Å². The maximum Gasteiger partial charge on any atom is 0.573 e. The van der Waals surface area contributed by atoms with Crippen molar-refractivity contribution in [1.82, 2.24) is 5.43 Å². The molecule has 0 saturated carbocycles. The van der Waals surface area contributed by atoms with Gasteiger partial charge in [-0.05, 0) is 18.4 Å². The van der Waals surface area contributed by atoms with Crippen LogP contribution in [0.5, 0.6) is 5.75 Å². The lowest BCUT2D eigenvalue weighted by Crippen LogP contribution is -2.35. The number of nitrogens with one attached hydrogen (secondary N) is 1. The number of ether oxygens (including phenoxy) is 1. The highest BCUT2D eigenvalue weighted by Crippen LogP contribution is 2.37. The van der Waals surface area contributed by atoms with Crippen LogP contribution in [0, 0.1) is 5.92 Å². The molecule has 0 bridgehead atoms. The van der Waals surface area contributed by atoms with Crippen molar-refractivity contribution in [2.45, 2.75) is 18.8 Å². The lowest BCUT2D eigenvalue weighted by Gasteiger charge is -2.24. The van der Waals surface area contributed by atoms with Gasteiger partial charge in [-0.3, -0.25) is 11.3 Å². The van der Waals surface area contributed by atoms with E-state index in [1.54, 1.807) is 6.07 Å². The minimum Gasteiger partial charge on any atom is -0.405 e. The summed E-state index contributed by atoms with van der Waals surface area (Å²) >= 11 is 0. The fourth-order valence-corrected chi connectivity index (χ4v) is 4.36. The Kier molecular flexibility index (Phi) is 4.45. The minimum atomic E-state index is -4.82. The number of hydrogen-bond acceptors (Lipinski definition) is 5. The third-order valence-electron chi connectivity index (χ3n) is 3.40. The van der Waals surface area contributed by atoms with E-state index in [9.17, 15) is 21.6 Å². The Morgan fingerprint density at radius 2 is 2.00 bits per heavy atom. The standard InChI is InChI=1S/C12H15F3N2O3S/c13-12(14,15)20-10-4-2-1-3-9(10)11(17-16)8-5-6-21(18,19)7-8/h1-4,8,11,17H,5-7,16H2. The quantitative estimate of drug-likeness (QED) is 0.648. The van der Waals surface area contributed by atoms with Gasteiger partial charge in [0.15, 0.2) is 9.84 Å². The number of hydrogen-bond donors (Lipinski definition) is 2. The summed E-state index contributed by atoms with van der Waals surface area (Å²) in [7, 11) is -3.17. The van der Waals surface area contributed by atoms with Gasteiger partial charge >= 0.3 is 6.36 Å². The fraction of sp³-hybridized carbons (Fsp3) is 0.500. The first-order chi connectivity index (χ1) is 9.72. The maximum atomic E-state index is 12.4. The minimum absolute atomic E-state index is 0.0120. The molecule has 118 valence electrons. The first-order valence-electron chi connectivity index (χ1n) is 6.23. The number of alkyl halides is 3. The van der Waals surface area contributed by atoms with E-state index < -0.39 is 28.2 Å². The molecule has 0 spiro atoms. The third-order valence-corrected chi connectivity index (χ3v) is 5.19. The van der Waals surface area contributed by atoms with Gasteiger partial charge in [-0.25, -0.2) is 8.42 Å². The van der Waals surface area contributed by atoms with Crippen LogP contribution in [0.25, 0.3) is 0 Å². The summed E-state index contributed by atoms with van der Waals surface area (Å²) in [5.41, 5.74) is 2.61. The second-order valence-electron chi connectivity index (χ2n) is 4.89. The van der Waals surface area contributed by atoms with Crippen LogP contribution in [-0.2, 0) is 9.84 Å². The Bertz CT molecular complexity index is 604.